The van der Waals surface area contributed by atoms with E-state index in [1.54, 1.807) is 0 Å². The van der Waals surface area contributed by atoms with Crippen molar-refractivity contribution in [1.29, 1.82) is 0 Å². The summed E-state index contributed by atoms with van der Waals surface area (Å²) in [4.78, 5) is 20.1. The van der Waals surface area contributed by atoms with Crippen LogP contribution in [0.2, 0.25) is 0 Å². The van der Waals surface area contributed by atoms with E-state index in [1.165, 1.54) is 29.0 Å². The van der Waals surface area contributed by atoms with Crippen LogP contribution in [0.4, 0.5) is 11.4 Å². The summed E-state index contributed by atoms with van der Waals surface area (Å²) in [6.07, 6.45) is 2.61. The smallest absolute Gasteiger partial charge is 0.347 e. The van der Waals surface area contributed by atoms with Crippen molar-refractivity contribution in [2.45, 2.75) is 0 Å². The molecule has 1 aromatic heterocycles. The normalized spacial score (nSPS) is 10.1. The van der Waals surface area contributed by atoms with Crippen molar-refractivity contribution in [3.63, 3.8) is 0 Å². The first-order valence-corrected chi connectivity index (χ1v) is 5.10. The monoisotopic (exact) mass is 261 g/mol. The molecular formula is C11H7N3O5. The van der Waals surface area contributed by atoms with Crippen LogP contribution in [0.5, 0.6) is 5.75 Å². The van der Waals surface area contributed by atoms with E-state index in [1.807, 2.05) is 0 Å². The molecular weight excluding hydrogens is 254 g/mol. The Balaban J connectivity index is 2.63. The molecule has 0 unspecified atom stereocenters. The Labute approximate surface area is 106 Å². The summed E-state index contributed by atoms with van der Waals surface area (Å²) in [5, 5.41) is 32.8. The fourth-order valence-corrected chi connectivity index (χ4v) is 1.59. The lowest BCUT2D eigenvalue weighted by molar-refractivity contribution is -0.604. The molecule has 0 bridgehead atoms. The highest BCUT2D eigenvalue weighted by molar-refractivity contribution is 5.53. The number of non-ortho nitro benzene ring substituents is 1. The first-order chi connectivity index (χ1) is 8.99. The second kappa shape index (κ2) is 4.69. The molecule has 2 rings (SSSR count). The minimum absolute atomic E-state index is 0.0910. The van der Waals surface area contributed by atoms with E-state index in [-0.39, 0.29) is 17.1 Å². The van der Waals surface area contributed by atoms with Crippen LogP contribution in [-0.4, -0.2) is 9.85 Å². The molecule has 1 heterocycles. The molecule has 0 spiro atoms. The van der Waals surface area contributed by atoms with Crippen LogP contribution in [0.25, 0.3) is 5.69 Å². The minimum atomic E-state index is -0.729. The van der Waals surface area contributed by atoms with Crippen LogP contribution < -0.4 is 9.67 Å². The average molecular weight is 261 g/mol. The van der Waals surface area contributed by atoms with Gasteiger partial charge >= 0.3 is 5.69 Å². The van der Waals surface area contributed by atoms with Crippen molar-refractivity contribution in [2.24, 2.45) is 0 Å². The van der Waals surface area contributed by atoms with Crippen molar-refractivity contribution in [3.8, 4) is 11.4 Å². The fraction of sp³-hybridized carbons (Fsp3) is 0. The lowest BCUT2D eigenvalue weighted by Gasteiger charge is -2.02. The lowest BCUT2D eigenvalue weighted by atomic mass is 10.2. The SMILES string of the molecule is O=[N+]([O-])c1ccc(-[n+]2cccc([O-])c2)c([N+](=O)[O-])c1. The summed E-state index contributed by atoms with van der Waals surface area (Å²) in [6.45, 7) is 0. The molecule has 0 saturated carbocycles. The zero-order valence-electron chi connectivity index (χ0n) is 9.42. The highest BCUT2D eigenvalue weighted by Gasteiger charge is 2.25. The second-order valence-electron chi connectivity index (χ2n) is 3.63. The quantitative estimate of drug-likeness (QED) is 0.461. The summed E-state index contributed by atoms with van der Waals surface area (Å²) in [5.74, 6) is -0.324. The molecule has 0 amide bonds. The van der Waals surface area contributed by atoms with Crippen molar-refractivity contribution in [1.82, 2.24) is 0 Å². The van der Waals surface area contributed by atoms with Gasteiger partial charge < -0.3 is 5.11 Å². The Morgan fingerprint density at radius 3 is 2.37 bits per heavy atom. The van der Waals surface area contributed by atoms with Gasteiger partial charge in [0.1, 0.15) is 6.07 Å². The first-order valence-electron chi connectivity index (χ1n) is 5.10. The van der Waals surface area contributed by atoms with Crippen molar-refractivity contribution in [2.75, 3.05) is 0 Å². The van der Waals surface area contributed by atoms with Gasteiger partial charge in [0.05, 0.1) is 9.85 Å². The van der Waals surface area contributed by atoms with Crippen LogP contribution in [0, 0.1) is 20.2 Å². The topological polar surface area (TPSA) is 113 Å². The molecule has 8 nitrogen and oxygen atoms in total. The van der Waals surface area contributed by atoms with Crippen LogP contribution in [-0.2, 0) is 0 Å². The van der Waals surface area contributed by atoms with E-state index in [4.69, 9.17) is 0 Å². The largest absolute Gasteiger partial charge is 0.868 e. The van der Waals surface area contributed by atoms with Gasteiger partial charge in [-0.05, 0) is 5.75 Å². The van der Waals surface area contributed by atoms with E-state index in [9.17, 15) is 25.3 Å². The number of nitro benzene ring substituents is 2. The van der Waals surface area contributed by atoms with Crippen molar-refractivity contribution in [3.05, 3.63) is 63.0 Å². The average Bonchev–Trinajstić information content (AvgIpc) is 2.37. The number of hydrogen-bond donors (Lipinski definition) is 0. The zero-order valence-corrected chi connectivity index (χ0v) is 9.42. The van der Waals surface area contributed by atoms with E-state index < -0.39 is 15.5 Å². The molecule has 2 aromatic rings. The summed E-state index contributed by atoms with van der Waals surface area (Å²) in [6, 6.07) is 5.98. The summed E-state index contributed by atoms with van der Waals surface area (Å²) in [7, 11) is 0. The van der Waals surface area contributed by atoms with Crippen LogP contribution in [0.3, 0.4) is 0 Å². The van der Waals surface area contributed by atoms with E-state index in [0.29, 0.717) is 0 Å². The maximum atomic E-state index is 11.2. The molecule has 0 radical (unpaired) electrons. The van der Waals surface area contributed by atoms with Gasteiger partial charge in [-0.3, -0.25) is 20.2 Å². The third-order valence-corrected chi connectivity index (χ3v) is 2.42. The number of nitrogens with zero attached hydrogens (tertiary/aromatic N) is 3. The van der Waals surface area contributed by atoms with Gasteiger partial charge in [0.2, 0.25) is 0 Å². The zero-order chi connectivity index (χ0) is 14.0. The maximum Gasteiger partial charge on any atom is 0.347 e. The fourth-order valence-electron chi connectivity index (χ4n) is 1.59. The predicted octanol–water partition coefficient (Wildman–Crippen LogP) is 0.853. The summed E-state index contributed by atoms with van der Waals surface area (Å²) < 4.78 is 1.25. The number of nitro groups is 2. The van der Waals surface area contributed by atoms with Gasteiger partial charge in [0, 0.05) is 18.2 Å². The number of benzene rings is 1. The minimum Gasteiger partial charge on any atom is -0.868 e. The van der Waals surface area contributed by atoms with Crippen LogP contribution in [0.1, 0.15) is 0 Å². The molecule has 8 heteroatoms. The van der Waals surface area contributed by atoms with E-state index in [0.717, 1.165) is 18.3 Å². The van der Waals surface area contributed by atoms with Gasteiger partial charge in [-0.2, -0.15) is 4.57 Å². The van der Waals surface area contributed by atoms with E-state index in [2.05, 4.69) is 0 Å². The third-order valence-electron chi connectivity index (χ3n) is 2.42. The Kier molecular flexibility index (Phi) is 3.06. The van der Waals surface area contributed by atoms with Gasteiger partial charge in [0.25, 0.3) is 11.4 Å². The van der Waals surface area contributed by atoms with Crippen LogP contribution in [0.15, 0.2) is 42.7 Å². The van der Waals surface area contributed by atoms with E-state index >= 15 is 0 Å². The molecule has 0 fully saturated rings. The first kappa shape index (κ1) is 12.4. The highest BCUT2D eigenvalue weighted by Crippen LogP contribution is 2.24. The molecule has 0 aliphatic heterocycles. The molecule has 0 atom stereocenters. The summed E-state index contributed by atoms with van der Waals surface area (Å²) >= 11 is 0. The Hall–Kier alpha value is -3.03. The number of aromatic nitrogens is 1. The molecule has 0 aliphatic rings. The van der Waals surface area contributed by atoms with Gasteiger partial charge in [0.15, 0.2) is 12.4 Å². The van der Waals surface area contributed by atoms with Crippen molar-refractivity contribution >= 4 is 11.4 Å². The Bertz CT molecular complexity index is 671. The second-order valence-corrected chi connectivity index (χ2v) is 3.63. The van der Waals surface area contributed by atoms with Crippen molar-refractivity contribution < 1.29 is 19.5 Å². The molecule has 19 heavy (non-hydrogen) atoms. The molecule has 96 valence electrons. The lowest BCUT2D eigenvalue weighted by Crippen LogP contribution is -2.31. The number of hydrogen-bond acceptors (Lipinski definition) is 5. The summed E-state index contributed by atoms with van der Waals surface area (Å²) in [5.41, 5.74) is -0.729. The number of pyridine rings is 1. The van der Waals surface area contributed by atoms with Crippen LogP contribution >= 0.6 is 0 Å². The third kappa shape index (κ3) is 2.46. The van der Waals surface area contributed by atoms with Gasteiger partial charge in [-0.25, -0.2) is 0 Å². The Morgan fingerprint density at radius 1 is 1.05 bits per heavy atom. The highest BCUT2D eigenvalue weighted by atomic mass is 16.6. The molecule has 0 saturated heterocycles. The Morgan fingerprint density at radius 2 is 1.79 bits per heavy atom. The predicted molar refractivity (Wildman–Crippen MR) is 60.7 cm³/mol. The standard InChI is InChI=1S/C11H7N3O5/c15-9-2-1-5-12(7-9)10-4-3-8(13(16)17)6-11(10)14(18)19/h1-7H. The molecule has 0 aliphatic carbocycles. The van der Waals surface area contributed by atoms with Gasteiger partial charge in [-0.1, -0.05) is 6.07 Å². The molecule has 1 aromatic carbocycles. The number of rotatable bonds is 3. The maximum absolute atomic E-state index is 11.2. The van der Waals surface area contributed by atoms with Gasteiger partial charge in [-0.15, -0.1) is 0 Å². The molecule has 0 N–H and O–H groups in total.